The molecule has 6 heteroatoms. The summed E-state index contributed by atoms with van der Waals surface area (Å²) >= 11 is 0. The van der Waals surface area contributed by atoms with Gasteiger partial charge in [-0.05, 0) is 52.3 Å². The van der Waals surface area contributed by atoms with Gasteiger partial charge in [0.15, 0.2) is 0 Å². The number of nitrogens with one attached hydrogen (secondary N) is 1. The van der Waals surface area contributed by atoms with Crippen molar-refractivity contribution in [3.63, 3.8) is 0 Å². The van der Waals surface area contributed by atoms with Crippen molar-refractivity contribution in [2.45, 2.75) is 37.8 Å². The molecule has 4 rings (SSSR count). The first-order chi connectivity index (χ1) is 18.5. The van der Waals surface area contributed by atoms with Crippen molar-refractivity contribution >= 4 is 5.91 Å². The minimum absolute atomic E-state index is 0.0762. The molecule has 0 spiro atoms. The van der Waals surface area contributed by atoms with Crippen LogP contribution >= 0.6 is 0 Å². The molecule has 4 N–H and O–H groups in total. The first-order valence-corrected chi connectivity index (χ1v) is 12.8. The summed E-state index contributed by atoms with van der Waals surface area (Å²) in [6.07, 6.45) is 1.19. The lowest BCUT2D eigenvalue weighted by molar-refractivity contribution is -0.134. The molecule has 0 unspecified atom stereocenters. The van der Waals surface area contributed by atoms with Crippen LogP contribution in [0.2, 0.25) is 0 Å². The number of carbonyl (C=O) groups excluding carboxylic acids is 1. The Labute approximate surface area is 223 Å². The Hall–Kier alpha value is -3.84. The summed E-state index contributed by atoms with van der Waals surface area (Å²) in [5, 5.41) is 9.19. The lowest BCUT2D eigenvalue weighted by Crippen LogP contribution is -2.25. The predicted molar refractivity (Wildman–Crippen MR) is 147 cm³/mol. The molecule has 0 heterocycles. The Morgan fingerprint density at radius 3 is 2.11 bits per heavy atom. The number of benzene rings is 4. The Morgan fingerprint density at radius 1 is 0.868 bits per heavy atom. The van der Waals surface area contributed by atoms with Gasteiger partial charge in [-0.25, -0.2) is 9.87 Å². The van der Waals surface area contributed by atoms with Crippen LogP contribution in [0.4, 0.5) is 4.39 Å². The van der Waals surface area contributed by atoms with Gasteiger partial charge in [0, 0.05) is 18.4 Å². The lowest BCUT2D eigenvalue weighted by atomic mass is 9.88. The summed E-state index contributed by atoms with van der Waals surface area (Å²) in [5.74, 6) is -0.565. The molecule has 0 fully saturated rings. The fraction of sp³-hybridized carbons (Fsp3) is 0.219. The summed E-state index contributed by atoms with van der Waals surface area (Å²) in [6.45, 7) is 0.0723. The first-order valence-electron chi connectivity index (χ1n) is 12.8. The molecule has 0 radical (unpaired) electrons. The number of hydroxylamine groups is 1. The van der Waals surface area contributed by atoms with E-state index in [1.165, 1.54) is 6.07 Å². The van der Waals surface area contributed by atoms with E-state index >= 15 is 0 Å². The molecule has 4 aromatic rings. The maximum absolute atomic E-state index is 14.6. The molecule has 0 saturated carbocycles. The maximum Gasteiger partial charge on any atom is 0.244 e. The Morgan fingerprint density at radius 2 is 1.50 bits per heavy atom. The third-order valence-electron chi connectivity index (χ3n) is 6.60. The van der Waals surface area contributed by atoms with Crippen molar-refractivity contribution in [2.75, 3.05) is 6.61 Å². The standard InChI is InChI=1S/C32H33FN2O3/c33-31-13-7-12-28(29(31)19-18-27(34)21-36)26-16-14-23(15-17-26)22-38-35-32(37)20-30(24-8-3-1-4-9-24)25-10-5-2-6-11-25/h1-17,27,30,36H,18-22,34H2,(H,35,37)/t27-/m0/s1. The van der Waals surface area contributed by atoms with Crippen molar-refractivity contribution in [3.05, 3.63) is 131 Å². The van der Waals surface area contributed by atoms with Crippen molar-refractivity contribution in [3.8, 4) is 11.1 Å². The number of halogens is 1. The maximum atomic E-state index is 14.6. The van der Waals surface area contributed by atoms with Crippen LogP contribution in [0, 0.1) is 5.82 Å². The molecule has 4 aromatic carbocycles. The van der Waals surface area contributed by atoms with Gasteiger partial charge in [0.2, 0.25) is 5.91 Å². The predicted octanol–water partition coefficient (Wildman–Crippen LogP) is 5.51. The van der Waals surface area contributed by atoms with E-state index in [2.05, 4.69) is 5.48 Å². The van der Waals surface area contributed by atoms with E-state index in [1.807, 2.05) is 91.0 Å². The van der Waals surface area contributed by atoms with Crippen LogP contribution in [0.25, 0.3) is 11.1 Å². The molecule has 1 amide bonds. The van der Waals surface area contributed by atoms with Gasteiger partial charge in [-0.3, -0.25) is 9.63 Å². The highest BCUT2D eigenvalue weighted by Gasteiger charge is 2.18. The number of rotatable bonds is 12. The minimum atomic E-state index is -0.382. The largest absolute Gasteiger partial charge is 0.395 e. The topological polar surface area (TPSA) is 84.6 Å². The smallest absolute Gasteiger partial charge is 0.244 e. The number of hydrogen-bond acceptors (Lipinski definition) is 4. The SMILES string of the molecule is N[C@H](CO)CCc1c(F)cccc1-c1ccc(CONC(=O)CC(c2ccccc2)c2ccccc2)cc1. The molecule has 0 aliphatic carbocycles. The third-order valence-corrected chi connectivity index (χ3v) is 6.60. The molecular formula is C32H33FN2O3. The molecule has 196 valence electrons. The number of aliphatic hydroxyl groups excluding tert-OH is 1. The van der Waals surface area contributed by atoms with Crippen molar-refractivity contribution < 1.29 is 19.1 Å². The molecule has 0 aliphatic heterocycles. The lowest BCUT2D eigenvalue weighted by Gasteiger charge is -2.18. The van der Waals surface area contributed by atoms with E-state index in [9.17, 15) is 14.3 Å². The molecule has 0 aliphatic rings. The van der Waals surface area contributed by atoms with Crippen LogP contribution < -0.4 is 11.2 Å². The van der Waals surface area contributed by atoms with Crippen molar-refractivity contribution in [1.82, 2.24) is 5.48 Å². The zero-order valence-corrected chi connectivity index (χ0v) is 21.2. The second-order valence-corrected chi connectivity index (χ2v) is 9.34. The van der Waals surface area contributed by atoms with E-state index in [1.54, 1.807) is 6.07 Å². The zero-order valence-electron chi connectivity index (χ0n) is 21.2. The van der Waals surface area contributed by atoms with Crippen LogP contribution in [0.5, 0.6) is 0 Å². The van der Waals surface area contributed by atoms with E-state index in [4.69, 9.17) is 10.6 Å². The second kappa shape index (κ2) is 13.6. The van der Waals surface area contributed by atoms with Crippen LogP contribution in [0.1, 0.15) is 41.0 Å². The van der Waals surface area contributed by atoms with E-state index in [-0.39, 0.29) is 43.3 Å². The highest BCUT2D eigenvalue weighted by Crippen LogP contribution is 2.29. The summed E-state index contributed by atoms with van der Waals surface area (Å²) in [4.78, 5) is 18.3. The summed E-state index contributed by atoms with van der Waals surface area (Å²) in [6, 6.07) is 32.1. The average Bonchev–Trinajstić information content (AvgIpc) is 2.96. The number of nitrogens with two attached hydrogens (primary N) is 1. The van der Waals surface area contributed by atoms with Gasteiger partial charge in [-0.15, -0.1) is 0 Å². The Bertz CT molecular complexity index is 1260. The normalized spacial score (nSPS) is 11.9. The van der Waals surface area contributed by atoms with Crippen LogP contribution in [0.15, 0.2) is 103 Å². The van der Waals surface area contributed by atoms with E-state index in [0.717, 1.165) is 27.8 Å². The molecule has 0 saturated heterocycles. The molecular weight excluding hydrogens is 479 g/mol. The fourth-order valence-corrected chi connectivity index (χ4v) is 4.51. The van der Waals surface area contributed by atoms with Crippen LogP contribution in [0.3, 0.4) is 0 Å². The Kier molecular flexibility index (Phi) is 9.76. The minimum Gasteiger partial charge on any atom is -0.395 e. The molecule has 5 nitrogen and oxygen atoms in total. The number of carbonyl (C=O) groups is 1. The fourth-order valence-electron chi connectivity index (χ4n) is 4.51. The number of hydrogen-bond donors (Lipinski definition) is 3. The monoisotopic (exact) mass is 512 g/mol. The van der Waals surface area contributed by atoms with E-state index < -0.39 is 0 Å². The highest BCUT2D eigenvalue weighted by molar-refractivity contribution is 5.76. The van der Waals surface area contributed by atoms with Gasteiger partial charge in [-0.2, -0.15) is 0 Å². The van der Waals surface area contributed by atoms with Crippen LogP contribution in [-0.4, -0.2) is 23.7 Å². The highest BCUT2D eigenvalue weighted by atomic mass is 19.1. The zero-order chi connectivity index (χ0) is 26.7. The van der Waals surface area contributed by atoms with Gasteiger partial charge in [0.25, 0.3) is 0 Å². The van der Waals surface area contributed by atoms with Crippen molar-refractivity contribution in [2.24, 2.45) is 5.73 Å². The summed E-state index contributed by atoms with van der Waals surface area (Å²) in [7, 11) is 0. The first kappa shape index (κ1) is 27.2. The molecule has 0 aromatic heterocycles. The van der Waals surface area contributed by atoms with Gasteiger partial charge < -0.3 is 10.8 Å². The van der Waals surface area contributed by atoms with Crippen LogP contribution in [-0.2, 0) is 22.7 Å². The number of amides is 1. The van der Waals surface area contributed by atoms with E-state index in [0.29, 0.717) is 18.4 Å². The molecule has 1 atom stereocenters. The van der Waals surface area contributed by atoms with Gasteiger partial charge in [-0.1, -0.05) is 97.1 Å². The summed E-state index contributed by atoms with van der Waals surface area (Å²) in [5.41, 5.74) is 13.7. The van der Waals surface area contributed by atoms with Gasteiger partial charge in [0.05, 0.1) is 13.2 Å². The quantitative estimate of drug-likeness (QED) is 0.218. The molecule has 0 bridgehead atoms. The van der Waals surface area contributed by atoms with Gasteiger partial charge in [0.1, 0.15) is 5.82 Å². The second-order valence-electron chi connectivity index (χ2n) is 9.34. The third kappa shape index (κ3) is 7.35. The van der Waals surface area contributed by atoms with Crippen molar-refractivity contribution in [1.29, 1.82) is 0 Å². The Balaban J connectivity index is 1.35. The molecule has 38 heavy (non-hydrogen) atoms. The average molecular weight is 513 g/mol. The number of aliphatic hydroxyl groups is 1. The summed E-state index contributed by atoms with van der Waals surface area (Å²) < 4.78 is 14.6. The van der Waals surface area contributed by atoms with Gasteiger partial charge >= 0.3 is 0 Å².